The van der Waals surface area contributed by atoms with Crippen molar-refractivity contribution >= 4 is 22.7 Å². The zero-order valence-electron chi connectivity index (χ0n) is 5.67. The van der Waals surface area contributed by atoms with Crippen LogP contribution in [0.25, 0.3) is 11.1 Å². The van der Waals surface area contributed by atoms with E-state index >= 15 is 0 Å². The highest BCUT2D eigenvalue weighted by Gasteiger charge is 2.03. The average Bonchev–Trinajstić information content (AvgIpc) is 2.31. The van der Waals surface area contributed by atoms with Crippen LogP contribution < -0.4 is 0 Å². The quantitative estimate of drug-likeness (QED) is 0.602. The van der Waals surface area contributed by atoms with Crippen LogP contribution in [0.15, 0.2) is 22.6 Å². The molecule has 2 rings (SSSR count). The smallest absolute Gasteiger partial charge is 0.196 e. The number of aromatic nitrogens is 1. The minimum absolute atomic E-state index is 0.396. The number of para-hydroxylation sites is 1. The molecule has 1 aromatic carbocycles. The Hall–Kier alpha value is -1.02. The SMILES string of the molecule is [CH2]c1nc2c(Cl)cccc2o1. The van der Waals surface area contributed by atoms with Gasteiger partial charge in [0.25, 0.3) is 0 Å². The Balaban J connectivity index is 2.90. The number of benzene rings is 1. The van der Waals surface area contributed by atoms with Gasteiger partial charge in [0.2, 0.25) is 0 Å². The molecule has 11 heavy (non-hydrogen) atoms. The fourth-order valence-corrected chi connectivity index (χ4v) is 1.17. The molecule has 0 bridgehead atoms. The van der Waals surface area contributed by atoms with E-state index in [1.165, 1.54) is 0 Å². The van der Waals surface area contributed by atoms with Crippen LogP contribution in [-0.4, -0.2) is 4.98 Å². The van der Waals surface area contributed by atoms with Gasteiger partial charge < -0.3 is 4.42 Å². The van der Waals surface area contributed by atoms with Gasteiger partial charge in [-0.2, -0.15) is 0 Å². The Bertz CT molecular complexity index is 394. The molecule has 3 heteroatoms. The summed E-state index contributed by atoms with van der Waals surface area (Å²) >= 11 is 5.82. The Morgan fingerprint density at radius 1 is 1.45 bits per heavy atom. The predicted molar refractivity (Wildman–Crippen MR) is 43.5 cm³/mol. The Morgan fingerprint density at radius 2 is 2.27 bits per heavy atom. The Labute approximate surface area is 68.8 Å². The molecule has 0 saturated carbocycles. The summed E-state index contributed by atoms with van der Waals surface area (Å²) < 4.78 is 5.14. The van der Waals surface area contributed by atoms with Gasteiger partial charge in [0.1, 0.15) is 5.52 Å². The average molecular weight is 167 g/mol. The molecule has 0 aliphatic heterocycles. The van der Waals surface area contributed by atoms with Gasteiger partial charge in [0, 0.05) is 6.92 Å². The van der Waals surface area contributed by atoms with E-state index in [1.807, 2.05) is 12.1 Å². The maximum atomic E-state index is 5.82. The first-order valence-corrected chi connectivity index (χ1v) is 3.52. The highest BCUT2D eigenvalue weighted by Crippen LogP contribution is 2.22. The van der Waals surface area contributed by atoms with Crippen molar-refractivity contribution in [2.24, 2.45) is 0 Å². The first-order valence-electron chi connectivity index (χ1n) is 3.14. The molecule has 1 radical (unpaired) electrons. The number of rotatable bonds is 0. The van der Waals surface area contributed by atoms with E-state index in [0.717, 1.165) is 0 Å². The van der Waals surface area contributed by atoms with E-state index in [-0.39, 0.29) is 0 Å². The second-order valence-corrected chi connectivity index (χ2v) is 2.60. The molecule has 1 heterocycles. The van der Waals surface area contributed by atoms with E-state index in [9.17, 15) is 0 Å². The van der Waals surface area contributed by atoms with E-state index in [2.05, 4.69) is 11.9 Å². The lowest BCUT2D eigenvalue weighted by atomic mass is 10.3. The van der Waals surface area contributed by atoms with Crippen LogP contribution in [0, 0.1) is 6.92 Å². The predicted octanol–water partition coefficient (Wildman–Crippen LogP) is 2.66. The van der Waals surface area contributed by atoms with Crippen LogP contribution in [0.1, 0.15) is 5.89 Å². The third kappa shape index (κ3) is 0.994. The topological polar surface area (TPSA) is 26.0 Å². The highest BCUT2D eigenvalue weighted by molar-refractivity contribution is 6.34. The van der Waals surface area contributed by atoms with Gasteiger partial charge in [-0.25, -0.2) is 4.98 Å². The van der Waals surface area contributed by atoms with Gasteiger partial charge in [-0.3, -0.25) is 0 Å². The Kier molecular flexibility index (Phi) is 1.36. The van der Waals surface area contributed by atoms with Crippen LogP contribution in [0.3, 0.4) is 0 Å². The van der Waals surface area contributed by atoms with E-state index < -0.39 is 0 Å². The number of hydrogen-bond donors (Lipinski definition) is 0. The summed E-state index contributed by atoms with van der Waals surface area (Å²) in [6.07, 6.45) is 0. The molecule has 0 aliphatic rings. The maximum Gasteiger partial charge on any atom is 0.196 e. The largest absolute Gasteiger partial charge is 0.441 e. The molecule has 0 amide bonds. The molecule has 0 aliphatic carbocycles. The van der Waals surface area contributed by atoms with Crippen molar-refractivity contribution < 1.29 is 4.42 Å². The van der Waals surface area contributed by atoms with Crippen molar-refractivity contribution in [3.8, 4) is 0 Å². The number of oxazole rings is 1. The number of halogens is 1. The van der Waals surface area contributed by atoms with E-state index in [1.54, 1.807) is 6.07 Å². The van der Waals surface area contributed by atoms with Crippen molar-refractivity contribution in [1.29, 1.82) is 0 Å². The normalized spacial score (nSPS) is 10.7. The van der Waals surface area contributed by atoms with Crippen LogP contribution in [0.5, 0.6) is 0 Å². The van der Waals surface area contributed by atoms with E-state index in [0.29, 0.717) is 22.0 Å². The molecule has 1 aromatic heterocycles. The molecule has 0 N–H and O–H groups in total. The molecule has 2 nitrogen and oxygen atoms in total. The minimum atomic E-state index is 0.396. The monoisotopic (exact) mass is 166 g/mol. The molecule has 0 saturated heterocycles. The standard InChI is InChI=1S/C8H5ClNO/c1-5-10-8-6(9)3-2-4-7(8)11-5/h2-4H,1H2. The fraction of sp³-hybridized carbons (Fsp3) is 0. The lowest BCUT2D eigenvalue weighted by Gasteiger charge is -1.86. The molecular weight excluding hydrogens is 162 g/mol. The fourth-order valence-electron chi connectivity index (χ4n) is 0.961. The molecule has 2 aromatic rings. The Morgan fingerprint density at radius 3 is 3.00 bits per heavy atom. The maximum absolute atomic E-state index is 5.82. The molecule has 0 unspecified atom stereocenters. The third-order valence-corrected chi connectivity index (χ3v) is 1.72. The summed E-state index contributed by atoms with van der Waals surface area (Å²) in [6.45, 7) is 3.56. The van der Waals surface area contributed by atoms with Gasteiger partial charge in [0.05, 0.1) is 5.02 Å². The van der Waals surface area contributed by atoms with Gasteiger partial charge in [-0.1, -0.05) is 17.7 Å². The molecule has 0 atom stereocenters. The lowest BCUT2D eigenvalue weighted by Crippen LogP contribution is -1.69. The summed E-state index contributed by atoms with van der Waals surface area (Å²) in [4.78, 5) is 4.00. The zero-order valence-corrected chi connectivity index (χ0v) is 6.43. The minimum Gasteiger partial charge on any atom is -0.441 e. The number of nitrogens with zero attached hydrogens (tertiary/aromatic N) is 1. The van der Waals surface area contributed by atoms with Gasteiger partial charge in [0.15, 0.2) is 11.5 Å². The van der Waals surface area contributed by atoms with E-state index in [4.69, 9.17) is 16.0 Å². The van der Waals surface area contributed by atoms with Crippen LogP contribution in [-0.2, 0) is 0 Å². The lowest BCUT2D eigenvalue weighted by molar-refractivity contribution is 0.579. The first kappa shape index (κ1) is 6.68. The third-order valence-electron chi connectivity index (χ3n) is 1.41. The molecule has 0 fully saturated rings. The molecule has 0 spiro atoms. The summed E-state index contributed by atoms with van der Waals surface area (Å²) in [5.74, 6) is 0.396. The summed E-state index contributed by atoms with van der Waals surface area (Å²) in [5, 5.41) is 0.598. The van der Waals surface area contributed by atoms with Crippen LogP contribution in [0.4, 0.5) is 0 Å². The van der Waals surface area contributed by atoms with Crippen molar-refractivity contribution in [3.63, 3.8) is 0 Å². The molecule has 55 valence electrons. The number of hydrogen-bond acceptors (Lipinski definition) is 2. The second kappa shape index (κ2) is 2.24. The van der Waals surface area contributed by atoms with Crippen molar-refractivity contribution in [1.82, 2.24) is 4.98 Å². The van der Waals surface area contributed by atoms with Crippen molar-refractivity contribution in [2.75, 3.05) is 0 Å². The van der Waals surface area contributed by atoms with Gasteiger partial charge in [-0.15, -0.1) is 0 Å². The van der Waals surface area contributed by atoms with Crippen LogP contribution >= 0.6 is 11.6 Å². The number of fused-ring (bicyclic) bond motifs is 1. The van der Waals surface area contributed by atoms with Crippen LogP contribution in [0.2, 0.25) is 5.02 Å². The second-order valence-electron chi connectivity index (χ2n) is 2.19. The highest BCUT2D eigenvalue weighted by atomic mass is 35.5. The molecular formula is C8H5ClNO. The summed E-state index contributed by atoms with van der Waals surface area (Å²) in [7, 11) is 0. The summed E-state index contributed by atoms with van der Waals surface area (Å²) in [6, 6.07) is 5.39. The van der Waals surface area contributed by atoms with Crippen molar-refractivity contribution in [3.05, 3.63) is 36.0 Å². The zero-order chi connectivity index (χ0) is 7.84. The first-order chi connectivity index (χ1) is 5.27. The summed E-state index contributed by atoms with van der Waals surface area (Å²) in [5.41, 5.74) is 1.36. The van der Waals surface area contributed by atoms with Crippen molar-refractivity contribution in [2.45, 2.75) is 0 Å². The van der Waals surface area contributed by atoms with Gasteiger partial charge >= 0.3 is 0 Å². The van der Waals surface area contributed by atoms with Gasteiger partial charge in [-0.05, 0) is 12.1 Å².